The van der Waals surface area contributed by atoms with Crippen molar-refractivity contribution in [1.29, 1.82) is 0 Å². The normalized spacial score (nSPS) is 17.2. The van der Waals surface area contributed by atoms with E-state index >= 15 is 0 Å². The average Bonchev–Trinajstić information content (AvgIpc) is 3.01. The van der Waals surface area contributed by atoms with Crippen LogP contribution in [0, 0.1) is 5.92 Å². The van der Waals surface area contributed by atoms with Crippen molar-refractivity contribution in [3.63, 3.8) is 0 Å². The van der Waals surface area contributed by atoms with Crippen LogP contribution >= 0.6 is 23.2 Å². The molecule has 0 heterocycles. The number of halogens is 2. The minimum absolute atomic E-state index is 0.428. The van der Waals surface area contributed by atoms with E-state index in [1.807, 2.05) is 7.05 Å². The first kappa shape index (κ1) is 12.0. The Morgan fingerprint density at radius 3 is 2.44 bits per heavy atom. The van der Waals surface area contributed by atoms with E-state index in [1.54, 1.807) is 18.2 Å². The van der Waals surface area contributed by atoms with Crippen molar-refractivity contribution in [2.75, 3.05) is 13.7 Å². The zero-order chi connectivity index (χ0) is 11.5. The molecule has 0 radical (unpaired) electrons. The molecule has 0 aromatic heterocycles. The summed E-state index contributed by atoms with van der Waals surface area (Å²) in [5, 5.41) is 4.49. The smallest absolute Gasteiger partial charge is 0.122 e. The van der Waals surface area contributed by atoms with Crippen LogP contribution < -0.4 is 10.1 Å². The summed E-state index contributed by atoms with van der Waals surface area (Å²) < 4.78 is 5.69. The molecule has 1 unspecified atom stereocenters. The highest BCUT2D eigenvalue weighted by Crippen LogP contribution is 2.33. The Morgan fingerprint density at radius 2 is 1.94 bits per heavy atom. The number of rotatable bonds is 5. The van der Waals surface area contributed by atoms with Gasteiger partial charge in [0.1, 0.15) is 12.4 Å². The maximum atomic E-state index is 5.89. The summed E-state index contributed by atoms with van der Waals surface area (Å²) in [5.74, 6) is 1.50. The lowest BCUT2D eigenvalue weighted by Crippen LogP contribution is -2.33. The third-order valence-corrected chi connectivity index (χ3v) is 3.26. The van der Waals surface area contributed by atoms with Crippen molar-refractivity contribution in [1.82, 2.24) is 5.32 Å². The third kappa shape index (κ3) is 3.27. The molecule has 1 saturated carbocycles. The van der Waals surface area contributed by atoms with Gasteiger partial charge in [-0.1, -0.05) is 23.2 Å². The molecule has 88 valence electrons. The van der Waals surface area contributed by atoms with Gasteiger partial charge in [0.25, 0.3) is 0 Å². The van der Waals surface area contributed by atoms with Gasteiger partial charge in [0, 0.05) is 16.1 Å². The minimum Gasteiger partial charge on any atom is -0.492 e. The molecule has 1 atom stereocenters. The first-order valence-electron chi connectivity index (χ1n) is 5.45. The van der Waals surface area contributed by atoms with Crippen molar-refractivity contribution in [3.05, 3.63) is 28.2 Å². The number of likely N-dealkylation sites (N-methyl/N-ethyl adjacent to an activating group) is 1. The van der Waals surface area contributed by atoms with E-state index in [4.69, 9.17) is 27.9 Å². The lowest BCUT2D eigenvalue weighted by Gasteiger charge is -2.16. The Kier molecular flexibility index (Phi) is 3.95. The van der Waals surface area contributed by atoms with Gasteiger partial charge in [-0.3, -0.25) is 0 Å². The molecule has 0 saturated heterocycles. The monoisotopic (exact) mass is 259 g/mol. The summed E-state index contributed by atoms with van der Waals surface area (Å²) in [6.45, 7) is 0.665. The fourth-order valence-electron chi connectivity index (χ4n) is 1.75. The first-order chi connectivity index (χ1) is 7.69. The van der Waals surface area contributed by atoms with E-state index in [0.29, 0.717) is 22.7 Å². The number of benzene rings is 1. The van der Waals surface area contributed by atoms with Crippen LogP contribution in [0.25, 0.3) is 0 Å². The molecule has 1 aromatic rings. The molecule has 0 spiro atoms. The van der Waals surface area contributed by atoms with Crippen LogP contribution in [-0.2, 0) is 0 Å². The third-order valence-electron chi connectivity index (χ3n) is 2.83. The highest BCUT2D eigenvalue weighted by Gasteiger charge is 2.30. The summed E-state index contributed by atoms with van der Waals surface area (Å²) in [6.07, 6.45) is 2.59. The molecule has 4 heteroatoms. The van der Waals surface area contributed by atoms with Crippen molar-refractivity contribution >= 4 is 23.2 Å². The maximum Gasteiger partial charge on any atom is 0.122 e. The van der Waals surface area contributed by atoms with Crippen molar-refractivity contribution < 1.29 is 4.74 Å². The summed E-state index contributed by atoms with van der Waals surface area (Å²) >= 11 is 11.8. The molecule has 1 aliphatic rings. The molecule has 1 aromatic carbocycles. The molecular formula is C12H15Cl2NO. The maximum absolute atomic E-state index is 5.89. The Bertz CT molecular complexity index is 346. The van der Waals surface area contributed by atoms with Gasteiger partial charge in [-0.15, -0.1) is 0 Å². The van der Waals surface area contributed by atoms with Crippen molar-refractivity contribution in [3.8, 4) is 5.75 Å². The van der Waals surface area contributed by atoms with Gasteiger partial charge in [0.15, 0.2) is 0 Å². The largest absolute Gasteiger partial charge is 0.492 e. The summed E-state index contributed by atoms with van der Waals surface area (Å²) in [4.78, 5) is 0. The quantitative estimate of drug-likeness (QED) is 0.876. The van der Waals surface area contributed by atoms with Gasteiger partial charge < -0.3 is 10.1 Å². The zero-order valence-electron chi connectivity index (χ0n) is 9.17. The SMILES string of the molecule is CNC(COc1cc(Cl)cc(Cl)c1)C1CC1. The van der Waals surface area contributed by atoms with Crippen LogP contribution in [-0.4, -0.2) is 19.7 Å². The second-order valence-corrected chi connectivity index (χ2v) is 5.02. The topological polar surface area (TPSA) is 21.3 Å². The van der Waals surface area contributed by atoms with Crippen LogP contribution in [0.3, 0.4) is 0 Å². The number of nitrogens with one attached hydrogen (secondary N) is 1. The van der Waals surface area contributed by atoms with Crippen LogP contribution in [0.4, 0.5) is 0 Å². The van der Waals surface area contributed by atoms with E-state index in [9.17, 15) is 0 Å². The molecule has 1 aliphatic carbocycles. The second kappa shape index (κ2) is 5.26. The molecule has 0 amide bonds. The second-order valence-electron chi connectivity index (χ2n) is 4.15. The van der Waals surface area contributed by atoms with Gasteiger partial charge in [0.05, 0.1) is 0 Å². The minimum atomic E-state index is 0.428. The van der Waals surface area contributed by atoms with E-state index in [2.05, 4.69) is 5.32 Å². The van der Waals surface area contributed by atoms with Crippen molar-refractivity contribution in [2.24, 2.45) is 5.92 Å². The molecule has 0 aliphatic heterocycles. The standard InChI is InChI=1S/C12H15Cl2NO/c1-15-12(8-2-3-8)7-16-11-5-9(13)4-10(14)6-11/h4-6,8,12,15H,2-3,7H2,1H3. The molecule has 2 nitrogen and oxygen atoms in total. The fourth-order valence-corrected chi connectivity index (χ4v) is 2.26. The van der Waals surface area contributed by atoms with Gasteiger partial charge in [-0.05, 0) is 44.0 Å². The van der Waals surface area contributed by atoms with E-state index in [-0.39, 0.29) is 0 Å². The van der Waals surface area contributed by atoms with E-state index in [0.717, 1.165) is 11.7 Å². The van der Waals surface area contributed by atoms with E-state index < -0.39 is 0 Å². The summed E-state index contributed by atoms with van der Waals surface area (Å²) in [7, 11) is 1.97. The predicted octanol–water partition coefficient (Wildman–Crippen LogP) is 3.37. The van der Waals surface area contributed by atoms with Crippen molar-refractivity contribution in [2.45, 2.75) is 18.9 Å². The average molecular weight is 260 g/mol. The Balaban J connectivity index is 1.92. The zero-order valence-corrected chi connectivity index (χ0v) is 10.7. The summed E-state index contributed by atoms with van der Waals surface area (Å²) in [5.41, 5.74) is 0. The molecule has 1 fully saturated rings. The number of ether oxygens (including phenoxy) is 1. The Labute approximate surface area is 106 Å². The molecule has 0 bridgehead atoms. The highest BCUT2D eigenvalue weighted by atomic mass is 35.5. The molecular weight excluding hydrogens is 245 g/mol. The van der Waals surface area contributed by atoms with Crippen LogP contribution in [0.1, 0.15) is 12.8 Å². The number of hydrogen-bond acceptors (Lipinski definition) is 2. The predicted molar refractivity (Wildman–Crippen MR) is 67.5 cm³/mol. The molecule has 1 N–H and O–H groups in total. The Morgan fingerprint density at radius 1 is 1.31 bits per heavy atom. The Hall–Kier alpha value is -0.440. The highest BCUT2D eigenvalue weighted by molar-refractivity contribution is 6.34. The van der Waals surface area contributed by atoms with Gasteiger partial charge in [0.2, 0.25) is 0 Å². The molecule has 16 heavy (non-hydrogen) atoms. The molecule has 2 rings (SSSR count). The van der Waals surface area contributed by atoms with E-state index in [1.165, 1.54) is 12.8 Å². The van der Waals surface area contributed by atoms with Gasteiger partial charge in [-0.25, -0.2) is 0 Å². The first-order valence-corrected chi connectivity index (χ1v) is 6.21. The van der Waals surface area contributed by atoms with Gasteiger partial charge in [-0.2, -0.15) is 0 Å². The fraction of sp³-hybridized carbons (Fsp3) is 0.500. The summed E-state index contributed by atoms with van der Waals surface area (Å²) in [6, 6.07) is 5.70. The van der Waals surface area contributed by atoms with Crippen LogP contribution in [0.5, 0.6) is 5.75 Å². The van der Waals surface area contributed by atoms with Crippen LogP contribution in [0.2, 0.25) is 10.0 Å². The lowest BCUT2D eigenvalue weighted by atomic mass is 10.2. The number of hydrogen-bond donors (Lipinski definition) is 1. The lowest BCUT2D eigenvalue weighted by molar-refractivity contribution is 0.256. The van der Waals surface area contributed by atoms with Crippen LogP contribution in [0.15, 0.2) is 18.2 Å². The van der Waals surface area contributed by atoms with Gasteiger partial charge >= 0.3 is 0 Å².